The van der Waals surface area contributed by atoms with Gasteiger partial charge in [0.2, 0.25) is 0 Å². The number of nitrogens with one attached hydrogen (secondary N) is 3. The van der Waals surface area contributed by atoms with Crippen molar-refractivity contribution in [2.75, 3.05) is 59.7 Å². The Morgan fingerprint density at radius 2 is 1.84 bits per heavy atom. The average Bonchev–Trinajstić information content (AvgIpc) is 3.78. The Balaban J connectivity index is 1.16. The van der Waals surface area contributed by atoms with Crippen LogP contribution in [0.2, 0.25) is 0 Å². The van der Waals surface area contributed by atoms with Gasteiger partial charge in [-0.25, -0.2) is 18.2 Å². The van der Waals surface area contributed by atoms with E-state index in [0.29, 0.717) is 31.0 Å². The number of esters is 1. The number of amidine groups is 1. The van der Waals surface area contributed by atoms with E-state index in [0.717, 1.165) is 48.3 Å². The molecule has 0 aliphatic carbocycles. The van der Waals surface area contributed by atoms with E-state index in [1.165, 1.54) is 31.0 Å². The van der Waals surface area contributed by atoms with Crippen LogP contribution >= 0.6 is 22.7 Å². The number of aliphatic imine (C=N–C) groups is 1. The van der Waals surface area contributed by atoms with Gasteiger partial charge in [0.05, 0.1) is 35.8 Å². The predicted molar refractivity (Wildman–Crippen MR) is 194 cm³/mol. The number of rotatable bonds is 15. The predicted octanol–water partition coefficient (Wildman–Crippen LogP) is 3.77. The maximum absolute atomic E-state index is 13.4. The first-order valence-electron chi connectivity index (χ1n) is 15.6. The molecule has 0 saturated carbocycles. The first-order valence-corrected chi connectivity index (χ1v) is 18.8. The van der Waals surface area contributed by atoms with Crippen LogP contribution in [-0.2, 0) is 26.1 Å². The van der Waals surface area contributed by atoms with E-state index in [4.69, 9.17) is 15.5 Å². The van der Waals surface area contributed by atoms with E-state index < -0.39 is 27.9 Å². The normalized spacial score (nSPS) is 14.3. The molecule has 0 unspecified atom stereocenters. The summed E-state index contributed by atoms with van der Waals surface area (Å²) in [6, 6.07) is 11.0. The molecule has 14 nitrogen and oxygen atoms in total. The highest BCUT2D eigenvalue weighted by atomic mass is 32.2. The molecule has 1 aliphatic rings. The van der Waals surface area contributed by atoms with Crippen molar-refractivity contribution in [3.8, 4) is 0 Å². The average molecular weight is 726 g/mol. The maximum atomic E-state index is 13.4. The fourth-order valence-electron chi connectivity index (χ4n) is 5.13. The van der Waals surface area contributed by atoms with Crippen LogP contribution in [0.4, 0.5) is 22.2 Å². The molecule has 0 radical (unpaired) electrons. The lowest BCUT2D eigenvalue weighted by Gasteiger charge is -2.35. The minimum atomic E-state index is -4.06. The highest BCUT2D eigenvalue weighted by Crippen LogP contribution is 2.28. The number of piperazine rings is 1. The first kappa shape index (κ1) is 35.6. The molecule has 260 valence electrons. The van der Waals surface area contributed by atoms with Gasteiger partial charge in [-0.3, -0.25) is 19.5 Å². The number of hydrogen-bond donors (Lipinski definition) is 4. The summed E-state index contributed by atoms with van der Waals surface area (Å²) >= 11 is 2.64. The minimum Gasteiger partial charge on any atom is -0.467 e. The number of carbonyl (C=O) groups is 2. The number of pyridine rings is 1. The van der Waals surface area contributed by atoms with Crippen LogP contribution in [-0.4, -0.2) is 82.0 Å². The zero-order valence-electron chi connectivity index (χ0n) is 27.2. The van der Waals surface area contributed by atoms with Gasteiger partial charge in [0.15, 0.2) is 5.13 Å². The summed E-state index contributed by atoms with van der Waals surface area (Å²) in [7, 11) is -2.83. The molecule has 3 aromatic heterocycles. The molecule has 17 heteroatoms. The zero-order valence-corrected chi connectivity index (χ0v) is 29.6. The summed E-state index contributed by atoms with van der Waals surface area (Å²) in [6.45, 7) is 5.97. The Morgan fingerprint density at radius 1 is 1.08 bits per heavy atom. The summed E-state index contributed by atoms with van der Waals surface area (Å²) in [5, 5.41) is 10.5. The van der Waals surface area contributed by atoms with Crippen LogP contribution in [0, 0.1) is 0 Å². The third-order valence-corrected chi connectivity index (χ3v) is 10.9. The molecule has 0 bridgehead atoms. The van der Waals surface area contributed by atoms with Gasteiger partial charge in [0, 0.05) is 61.9 Å². The van der Waals surface area contributed by atoms with Gasteiger partial charge >= 0.3 is 5.97 Å². The van der Waals surface area contributed by atoms with Crippen LogP contribution in [0.25, 0.3) is 0 Å². The fraction of sp³-hybridized carbons (Fsp3) is 0.344. The highest BCUT2D eigenvalue weighted by Gasteiger charge is 2.26. The molecule has 4 heterocycles. The SMILES string of the molecule is COC(=O)[C@H](CCCN=C(C)N)NC(=O)c1sccc1NS(=O)(=O)c1cccc(NCc2csc(N3CCN(c4ccncc4)CC3)n2)c1. The van der Waals surface area contributed by atoms with E-state index in [2.05, 4.69) is 35.1 Å². The lowest BCUT2D eigenvalue weighted by Crippen LogP contribution is -2.46. The first-order chi connectivity index (χ1) is 23.6. The number of hydrogen-bond acceptors (Lipinski definition) is 13. The smallest absolute Gasteiger partial charge is 0.328 e. The van der Waals surface area contributed by atoms with Crippen molar-refractivity contribution in [2.24, 2.45) is 10.7 Å². The Kier molecular flexibility index (Phi) is 12.0. The standard InChI is InChI=1S/C32H39N9O5S3/c1-22(33)35-11-4-7-28(31(43)46-2)38-30(42)29-27(10-18-47-29)39-49(44,45)26-6-3-5-23(19-26)36-20-24-21-48-32(37-24)41-16-14-40(15-17-41)25-8-12-34-13-9-25/h3,5-6,8-10,12-13,18-19,21,28,36,39H,4,7,11,14-17,20H2,1-2H3,(H2,33,35)(H,38,42)/t28-/m0/s1. The van der Waals surface area contributed by atoms with Gasteiger partial charge in [0.25, 0.3) is 15.9 Å². The van der Waals surface area contributed by atoms with E-state index >= 15 is 0 Å². The summed E-state index contributed by atoms with van der Waals surface area (Å²) in [4.78, 5) is 43.2. The van der Waals surface area contributed by atoms with Crippen LogP contribution < -0.4 is 30.9 Å². The third kappa shape index (κ3) is 9.67. The Hall–Kier alpha value is -4.74. The minimum absolute atomic E-state index is 0.0179. The van der Waals surface area contributed by atoms with Gasteiger partial charge in [-0.15, -0.1) is 22.7 Å². The number of thiazole rings is 1. The van der Waals surface area contributed by atoms with Crippen molar-refractivity contribution in [1.82, 2.24) is 15.3 Å². The number of benzene rings is 1. The highest BCUT2D eigenvalue weighted by molar-refractivity contribution is 7.92. The second-order valence-corrected chi connectivity index (χ2v) is 14.6. The quantitative estimate of drug-likeness (QED) is 0.0606. The Bertz CT molecular complexity index is 1850. The Labute approximate surface area is 293 Å². The van der Waals surface area contributed by atoms with Crippen molar-refractivity contribution in [3.63, 3.8) is 0 Å². The molecule has 1 atom stereocenters. The van der Waals surface area contributed by atoms with Gasteiger partial charge in [0.1, 0.15) is 10.9 Å². The van der Waals surface area contributed by atoms with E-state index in [9.17, 15) is 18.0 Å². The molecule has 1 fully saturated rings. The maximum Gasteiger partial charge on any atom is 0.328 e. The van der Waals surface area contributed by atoms with Crippen LogP contribution in [0.1, 0.15) is 35.1 Å². The molecular weight excluding hydrogens is 687 g/mol. The van der Waals surface area contributed by atoms with Crippen molar-refractivity contribution in [2.45, 2.75) is 37.2 Å². The van der Waals surface area contributed by atoms with Crippen LogP contribution in [0.5, 0.6) is 0 Å². The van der Waals surface area contributed by atoms with E-state index in [1.54, 1.807) is 48.2 Å². The molecule has 1 saturated heterocycles. The number of methoxy groups -OCH3 is 1. The van der Waals surface area contributed by atoms with Crippen molar-refractivity contribution in [3.05, 3.63) is 76.2 Å². The molecule has 1 aliphatic heterocycles. The molecule has 4 aromatic rings. The summed E-state index contributed by atoms with van der Waals surface area (Å²) < 4.78 is 34.2. The molecule has 1 aromatic carbocycles. The second-order valence-electron chi connectivity index (χ2n) is 11.2. The summed E-state index contributed by atoms with van der Waals surface area (Å²) in [6.07, 6.45) is 4.37. The number of amides is 1. The van der Waals surface area contributed by atoms with Gasteiger partial charge < -0.3 is 30.9 Å². The van der Waals surface area contributed by atoms with Crippen molar-refractivity contribution < 1.29 is 22.7 Å². The van der Waals surface area contributed by atoms with Gasteiger partial charge in [-0.05, 0) is 61.5 Å². The lowest BCUT2D eigenvalue weighted by molar-refractivity contribution is -0.143. The molecule has 49 heavy (non-hydrogen) atoms. The van der Waals surface area contributed by atoms with E-state index in [-0.39, 0.29) is 21.9 Å². The van der Waals surface area contributed by atoms with Crippen LogP contribution in [0.15, 0.2) is 75.5 Å². The molecule has 5 rings (SSSR count). The Morgan fingerprint density at radius 3 is 2.57 bits per heavy atom. The number of nitrogens with two attached hydrogens (primary N) is 1. The van der Waals surface area contributed by atoms with Crippen molar-refractivity contribution in [1.29, 1.82) is 0 Å². The number of sulfonamides is 1. The molecular formula is C32H39N9O5S3. The van der Waals surface area contributed by atoms with E-state index in [1.807, 2.05) is 17.5 Å². The van der Waals surface area contributed by atoms with Crippen LogP contribution in [0.3, 0.4) is 0 Å². The number of thiophene rings is 1. The number of nitrogens with zero attached hydrogens (tertiary/aromatic N) is 5. The molecule has 1 amide bonds. The number of ether oxygens (including phenoxy) is 1. The molecule has 5 N–H and O–H groups in total. The summed E-state index contributed by atoms with van der Waals surface area (Å²) in [5.41, 5.74) is 8.28. The lowest BCUT2D eigenvalue weighted by atomic mass is 10.1. The largest absolute Gasteiger partial charge is 0.467 e. The topological polar surface area (TPSA) is 184 Å². The van der Waals surface area contributed by atoms with Gasteiger partial charge in [-0.2, -0.15) is 0 Å². The fourth-order valence-corrected chi connectivity index (χ4v) is 7.95. The monoisotopic (exact) mass is 725 g/mol. The zero-order chi connectivity index (χ0) is 34.8. The van der Waals surface area contributed by atoms with Crippen molar-refractivity contribution >= 4 is 72.6 Å². The number of anilines is 4. The number of aromatic nitrogens is 2. The molecule has 0 spiro atoms. The second kappa shape index (κ2) is 16.6. The van der Waals surface area contributed by atoms with Gasteiger partial charge in [-0.1, -0.05) is 6.07 Å². The summed E-state index contributed by atoms with van der Waals surface area (Å²) in [5.74, 6) is -0.791. The third-order valence-electron chi connectivity index (χ3n) is 7.65. The number of carbonyl (C=O) groups excluding carboxylic acids is 2.